The van der Waals surface area contributed by atoms with Crippen molar-refractivity contribution in [3.05, 3.63) is 64.7 Å². The summed E-state index contributed by atoms with van der Waals surface area (Å²) in [4.78, 5) is 15.0. The maximum Gasteiger partial charge on any atom is 0.255 e. The van der Waals surface area contributed by atoms with E-state index in [0.29, 0.717) is 12.1 Å². The topological polar surface area (TPSA) is 52.6 Å². The Labute approximate surface area is 154 Å². The monoisotopic (exact) mass is 350 g/mol. The summed E-state index contributed by atoms with van der Waals surface area (Å²) in [6.45, 7) is 2.40. The zero-order valence-electron chi connectivity index (χ0n) is 15.1. The molecule has 0 radical (unpaired) electrons. The van der Waals surface area contributed by atoms with Crippen molar-refractivity contribution in [2.45, 2.75) is 44.8 Å². The molecule has 0 aromatic heterocycles. The molecule has 0 bridgehead atoms. The van der Waals surface area contributed by atoms with Crippen molar-refractivity contribution in [3.8, 4) is 0 Å². The zero-order chi connectivity index (χ0) is 17.9. The van der Waals surface area contributed by atoms with Crippen LogP contribution in [-0.2, 0) is 19.4 Å². The first-order chi connectivity index (χ1) is 12.7. The molecule has 1 saturated heterocycles. The zero-order valence-corrected chi connectivity index (χ0v) is 15.1. The molecular weight excluding hydrogens is 324 g/mol. The van der Waals surface area contributed by atoms with Crippen molar-refractivity contribution in [2.75, 3.05) is 18.4 Å². The Hall–Kier alpha value is -2.17. The van der Waals surface area contributed by atoms with Crippen LogP contribution in [-0.4, -0.2) is 35.1 Å². The van der Waals surface area contributed by atoms with Gasteiger partial charge >= 0.3 is 0 Å². The Morgan fingerprint density at radius 1 is 1.15 bits per heavy atom. The van der Waals surface area contributed by atoms with Gasteiger partial charge in [0.2, 0.25) is 0 Å². The van der Waals surface area contributed by atoms with Crippen LogP contribution in [0.2, 0.25) is 0 Å². The molecule has 2 aliphatic rings. The van der Waals surface area contributed by atoms with E-state index in [4.69, 9.17) is 0 Å². The number of hydrogen-bond acceptors (Lipinski definition) is 3. The highest BCUT2D eigenvalue weighted by Gasteiger charge is 2.20. The number of amides is 1. The molecule has 26 heavy (non-hydrogen) atoms. The summed E-state index contributed by atoms with van der Waals surface area (Å²) in [5.41, 5.74) is 5.43. The molecule has 0 unspecified atom stereocenters. The van der Waals surface area contributed by atoms with E-state index >= 15 is 0 Å². The number of hydrogen-bond donors (Lipinski definition) is 2. The largest absolute Gasteiger partial charge is 0.392 e. The number of aliphatic hydroxyl groups excluding tert-OH is 1. The van der Waals surface area contributed by atoms with Crippen LogP contribution in [0.15, 0.2) is 42.5 Å². The fraction of sp³-hybridized carbons (Fsp3) is 0.409. The number of anilines is 1. The second kappa shape index (κ2) is 7.60. The van der Waals surface area contributed by atoms with Gasteiger partial charge in [0.25, 0.3) is 5.91 Å². The van der Waals surface area contributed by atoms with Gasteiger partial charge in [0.15, 0.2) is 0 Å². The number of carbonyl (C=O) groups excluding carboxylic acids is 1. The van der Waals surface area contributed by atoms with E-state index in [2.05, 4.69) is 16.3 Å². The van der Waals surface area contributed by atoms with Crippen LogP contribution in [0.5, 0.6) is 0 Å². The third-order valence-corrected chi connectivity index (χ3v) is 5.49. The van der Waals surface area contributed by atoms with Crippen LogP contribution in [0.25, 0.3) is 0 Å². The molecular formula is C22H26N2O2. The molecule has 1 fully saturated rings. The molecule has 0 saturated carbocycles. The molecule has 4 heteroatoms. The summed E-state index contributed by atoms with van der Waals surface area (Å²) in [6, 6.07) is 14.0. The maximum atomic E-state index is 12.8. The van der Waals surface area contributed by atoms with Crippen molar-refractivity contribution in [3.63, 3.8) is 0 Å². The molecule has 4 nitrogen and oxygen atoms in total. The van der Waals surface area contributed by atoms with E-state index in [1.54, 1.807) is 0 Å². The van der Waals surface area contributed by atoms with Crippen molar-refractivity contribution in [2.24, 2.45) is 0 Å². The SMILES string of the molecule is O=C(Nc1cccc2c1CCCC2)c1cccc(CN2CC[C@H](O)C2)c1. The molecule has 1 aliphatic carbocycles. The molecule has 2 aromatic rings. The molecule has 1 heterocycles. The first kappa shape index (κ1) is 17.3. The summed E-state index contributed by atoms with van der Waals surface area (Å²) in [7, 11) is 0. The van der Waals surface area contributed by atoms with Gasteiger partial charge in [-0.2, -0.15) is 0 Å². The third-order valence-electron chi connectivity index (χ3n) is 5.49. The number of carbonyl (C=O) groups is 1. The summed E-state index contributed by atoms with van der Waals surface area (Å²) in [5.74, 6) is -0.0488. The average molecular weight is 350 g/mol. The van der Waals surface area contributed by atoms with Crippen LogP contribution in [0.3, 0.4) is 0 Å². The molecule has 136 valence electrons. The van der Waals surface area contributed by atoms with Crippen LogP contribution in [0.4, 0.5) is 5.69 Å². The first-order valence-corrected chi connectivity index (χ1v) is 9.60. The highest BCUT2D eigenvalue weighted by molar-refractivity contribution is 6.04. The Morgan fingerprint density at radius 3 is 2.85 bits per heavy atom. The molecule has 1 aliphatic heterocycles. The van der Waals surface area contributed by atoms with E-state index in [1.807, 2.05) is 36.4 Å². The summed E-state index contributed by atoms with van der Waals surface area (Å²) in [6.07, 6.45) is 5.19. The number of aryl methyl sites for hydroxylation is 1. The quantitative estimate of drug-likeness (QED) is 0.889. The van der Waals surface area contributed by atoms with E-state index in [0.717, 1.165) is 43.6 Å². The molecule has 4 rings (SSSR count). The second-order valence-corrected chi connectivity index (χ2v) is 7.48. The van der Waals surface area contributed by atoms with Crippen LogP contribution in [0, 0.1) is 0 Å². The molecule has 0 spiro atoms. The number of nitrogens with one attached hydrogen (secondary N) is 1. The van der Waals surface area contributed by atoms with Gasteiger partial charge in [-0.15, -0.1) is 0 Å². The highest BCUT2D eigenvalue weighted by atomic mass is 16.3. The van der Waals surface area contributed by atoms with Crippen molar-refractivity contribution < 1.29 is 9.90 Å². The standard InChI is InChI=1S/C22H26N2O2/c25-19-11-12-24(15-19)14-16-5-3-8-18(13-16)22(26)23-21-10-4-7-17-6-1-2-9-20(17)21/h3-5,7-8,10,13,19,25H,1-2,6,9,11-12,14-15H2,(H,23,26)/t19-/m0/s1. The molecule has 2 N–H and O–H groups in total. The lowest BCUT2D eigenvalue weighted by Gasteiger charge is -2.20. The predicted molar refractivity (Wildman–Crippen MR) is 103 cm³/mol. The number of benzene rings is 2. The van der Waals surface area contributed by atoms with E-state index in [-0.39, 0.29) is 12.0 Å². The van der Waals surface area contributed by atoms with E-state index < -0.39 is 0 Å². The number of aliphatic hydroxyl groups is 1. The van der Waals surface area contributed by atoms with Gasteiger partial charge in [0, 0.05) is 30.9 Å². The third kappa shape index (κ3) is 3.81. The van der Waals surface area contributed by atoms with Crippen LogP contribution >= 0.6 is 0 Å². The molecule has 1 amide bonds. The highest BCUT2D eigenvalue weighted by Crippen LogP contribution is 2.28. The van der Waals surface area contributed by atoms with Crippen molar-refractivity contribution in [1.82, 2.24) is 4.90 Å². The fourth-order valence-electron chi connectivity index (χ4n) is 4.12. The van der Waals surface area contributed by atoms with Gasteiger partial charge in [0.1, 0.15) is 0 Å². The van der Waals surface area contributed by atoms with Gasteiger partial charge in [0.05, 0.1) is 6.10 Å². The maximum absolute atomic E-state index is 12.8. The van der Waals surface area contributed by atoms with Gasteiger partial charge in [-0.1, -0.05) is 24.3 Å². The Morgan fingerprint density at radius 2 is 2.00 bits per heavy atom. The second-order valence-electron chi connectivity index (χ2n) is 7.48. The Kier molecular flexibility index (Phi) is 5.05. The number of β-amino-alcohol motifs (C(OH)–C–C–N with tert-alkyl or cyclic N) is 1. The van der Waals surface area contributed by atoms with Crippen LogP contribution < -0.4 is 5.32 Å². The number of likely N-dealkylation sites (tertiary alicyclic amines) is 1. The van der Waals surface area contributed by atoms with E-state index in [1.165, 1.54) is 24.0 Å². The smallest absolute Gasteiger partial charge is 0.255 e. The summed E-state index contributed by atoms with van der Waals surface area (Å²) < 4.78 is 0. The number of nitrogens with zero attached hydrogens (tertiary/aromatic N) is 1. The Bertz CT molecular complexity index is 802. The number of rotatable bonds is 4. The van der Waals surface area contributed by atoms with Crippen molar-refractivity contribution >= 4 is 11.6 Å². The molecule has 1 atom stereocenters. The van der Waals surface area contributed by atoms with Gasteiger partial charge in [-0.05, 0) is 67.0 Å². The predicted octanol–water partition coefficient (Wildman–Crippen LogP) is 3.38. The van der Waals surface area contributed by atoms with Gasteiger partial charge < -0.3 is 10.4 Å². The summed E-state index contributed by atoms with van der Waals surface area (Å²) >= 11 is 0. The molecule has 2 aromatic carbocycles. The van der Waals surface area contributed by atoms with E-state index in [9.17, 15) is 9.90 Å². The van der Waals surface area contributed by atoms with Gasteiger partial charge in [-0.25, -0.2) is 0 Å². The average Bonchev–Trinajstić information content (AvgIpc) is 3.07. The minimum absolute atomic E-state index is 0.0488. The normalized spacial score (nSPS) is 20.0. The van der Waals surface area contributed by atoms with Crippen LogP contribution in [0.1, 0.15) is 46.3 Å². The Balaban J connectivity index is 1.48. The summed E-state index contributed by atoms with van der Waals surface area (Å²) in [5, 5.41) is 12.8. The fourth-order valence-corrected chi connectivity index (χ4v) is 4.12. The minimum Gasteiger partial charge on any atom is -0.392 e. The lowest BCUT2D eigenvalue weighted by molar-refractivity contribution is 0.102. The lowest BCUT2D eigenvalue weighted by Crippen LogP contribution is -2.22. The lowest BCUT2D eigenvalue weighted by atomic mass is 9.90. The van der Waals surface area contributed by atoms with Gasteiger partial charge in [-0.3, -0.25) is 9.69 Å². The van der Waals surface area contributed by atoms with Crippen molar-refractivity contribution in [1.29, 1.82) is 0 Å². The first-order valence-electron chi connectivity index (χ1n) is 9.60. The number of fused-ring (bicyclic) bond motifs is 1. The minimum atomic E-state index is -0.217.